The van der Waals surface area contributed by atoms with Gasteiger partial charge in [-0.05, 0) is 12.8 Å². The van der Waals surface area contributed by atoms with Crippen LogP contribution in [0.4, 0.5) is 0 Å². The SMILES string of the molecule is Cn1cc(C(N)c2nc(C3CCCCC3)no2)cn1. The fraction of sp³-hybridized carbons (Fsp3) is 0.615. The summed E-state index contributed by atoms with van der Waals surface area (Å²) in [6, 6.07) is -0.390. The van der Waals surface area contributed by atoms with E-state index in [1.165, 1.54) is 19.3 Å². The van der Waals surface area contributed by atoms with Crippen molar-refractivity contribution < 1.29 is 4.52 Å². The Morgan fingerprint density at radius 1 is 1.37 bits per heavy atom. The fourth-order valence-electron chi connectivity index (χ4n) is 2.64. The molecule has 1 fully saturated rings. The van der Waals surface area contributed by atoms with Crippen LogP contribution in [0, 0.1) is 0 Å². The molecule has 102 valence electrons. The molecule has 1 saturated carbocycles. The summed E-state index contributed by atoms with van der Waals surface area (Å²) in [6.07, 6.45) is 9.73. The molecular weight excluding hydrogens is 242 g/mol. The van der Waals surface area contributed by atoms with E-state index in [4.69, 9.17) is 10.3 Å². The van der Waals surface area contributed by atoms with Crippen LogP contribution in [0.1, 0.15) is 61.3 Å². The molecular formula is C13H19N5O. The molecule has 2 aromatic heterocycles. The maximum absolute atomic E-state index is 6.12. The van der Waals surface area contributed by atoms with Crippen molar-refractivity contribution in [1.82, 2.24) is 19.9 Å². The molecule has 1 atom stereocenters. The van der Waals surface area contributed by atoms with Gasteiger partial charge in [0.05, 0.1) is 6.20 Å². The predicted molar refractivity (Wildman–Crippen MR) is 69.4 cm³/mol. The maximum atomic E-state index is 6.12. The first kappa shape index (κ1) is 12.3. The number of aryl methyl sites for hydroxylation is 1. The second-order valence-electron chi connectivity index (χ2n) is 5.25. The van der Waals surface area contributed by atoms with Crippen LogP contribution in [-0.4, -0.2) is 19.9 Å². The number of hydrogen-bond acceptors (Lipinski definition) is 5. The quantitative estimate of drug-likeness (QED) is 0.912. The molecule has 19 heavy (non-hydrogen) atoms. The van der Waals surface area contributed by atoms with Crippen molar-refractivity contribution in [2.24, 2.45) is 12.8 Å². The molecule has 3 rings (SSSR count). The topological polar surface area (TPSA) is 82.8 Å². The number of nitrogens with two attached hydrogens (primary N) is 1. The molecule has 0 amide bonds. The normalized spacial score (nSPS) is 18.6. The monoisotopic (exact) mass is 261 g/mol. The van der Waals surface area contributed by atoms with Crippen LogP contribution in [0.5, 0.6) is 0 Å². The second kappa shape index (κ2) is 5.13. The van der Waals surface area contributed by atoms with E-state index in [9.17, 15) is 0 Å². The van der Waals surface area contributed by atoms with Crippen LogP contribution in [0.15, 0.2) is 16.9 Å². The van der Waals surface area contributed by atoms with Gasteiger partial charge in [-0.3, -0.25) is 4.68 Å². The molecule has 1 aliphatic carbocycles. The lowest BCUT2D eigenvalue weighted by molar-refractivity contribution is 0.350. The van der Waals surface area contributed by atoms with Crippen molar-refractivity contribution in [3.63, 3.8) is 0 Å². The van der Waals surface area contributed by atoms with E-state index < -0.39 is 6.04 Å². The predicted octanol–water partition coefficient (Wildman–Crippen LogP) is 1.90. The summed E-state index contributed by atoms with van der Waals surface area (Å²) in [5.41, 5.74) is 7.01. The van der Waals surface area contributed by atoms with E-state index in [2.05, 4.69) is 15.2 Å². The minimum absolute atomic E-state index is 0.390. The molecule has 2 aromatic rings. The van der Waals surface area contributed by atoms with Gasteiger partial charge in [-0.2, -0.15) is 10.1 Å². The smallest absolute Gasteiger partial charge is 0.248 e. The van der Waals surface area contributed by atoms with Gasteiger partial charge in [0.2, 0.25) is 5.89 Å². The van der Waals surface area contributed by atoms with Crippen molar-refractivity contribution in [1.29, 1.82) is 0 Å². The molecule has 6 heteroatoms. The number of aromatic nitrogens is 4. The molecule has 0 aromatic carbocycles. The second-order valence-corrected chi connectivity index (χ2v) is 5.25. The average molecular weight is 261 g/mol. The van der Waals surface area contributed by atoms with Crippen molar-refractivity contribution >= 4 is 0 Å². The first-order valence-corrected chi connectivity index (χ1v) is 6.81. The summed E-state index contributed by atoms with van der Waals surface area (Å²) in [7, 11) is 1.86. The van der Waals surface area contributed by atoms with Gasteiger partial charge in [0.25, 0.3) is 0 Å². The highest BCUT2D eigenvalue weighted by Crippen LogP contribution is 2.31. The number of nitrogens with zero attached hydrogens (tertiary/aromatic N) is 4. The molecule has 0 radical (unpaired) electrons. The van der Waals surface area contributed by atoms with E-state index in [1.807, 2.05) is 13.2 Å². The maximum Gasteiger partial charge on any atom is 0.248 e. The van der Waals surface area contributed by atoms with Gasteiger partial charge < -0.3 is 10.3 Å². The van der Waals surface area contributed by atoms with Crippen LogP contribution in [0.25, 0.3) is 0 Å². The van der Waals surface area contributed by atoms with Gasteiger partial charge in [-0.15, -0.1) is 0 Å². The largest absolute Gasteiger partial charge is 0.337 e. The van der Waals surface area contributed by atoms with Crippen LogP contribution >= 0.6 is 0 Å². The number of hydrogen-bond donors (Lipinski definition) is 1. The van der Waals surface area contributed by atoms with E-state index in [0.29, 0.717) is 11.8 Å². The van der Waals surface area contributed by atoms with Gasteiger partial charge in [-0.1, -0.05) is 24.4 Å². The van der Waals surface area contributed by atoms with Gasteiger partial charge in [0.15, 0.2) is 5.82 Å². The lowest BCUT2D eigenvalue weighted by atomic mass is 9.89. The zero-order valence-corrected chi connectivity index (χ0v) is 11.1. The van der Waals surface area contributed by atoms with Gasteiger partial charge in [-0.25, -0.2) is 0 Å². The minimum Gasteiger partial charge on any atom is -0.337 e. The summed E-state index contributed by atoms with van der Waals surface area (Å²) >= 11 is 0. The highest BCUT2D eigenvalue weighted by molar-refractivity contribution is 5.17. The molecule has 0 saturated heterocycles. The molecule has 0 bridgehead atoms. The third-order valence-electron chi connectivity index (χ3n) is 3.78. The Hall–Kier alpha value is -1.69. The Labute approximate surface area is 112 Å². The highest BCUT2D eigenvalue weighted by atomic mass is 16.5. The molecule has 2 N–H and O–H groups in total. The van der Waals surface area contributed by atoms with Crippen LogP contribution in [0.3, 0.4) is 0 Å². The van der Waals surface area contributed by atoms with E-state index >= 15 is 0 Å². The summed E-state index contributed by atoms with van der Waals surface area (Å²) in [5.74, 6) is 1.73. The van der Waals surface area contributed by atoms with Gasteiger partial charge in [0, 0.05) is 24.7 Å². The third kappa shape index (κ3) is 2.53. The minimum atomic E-state index is -0.390. The van der Waals surface area contributed by atoms with Crippen molar-refractivity contribution in [3.8, 4) is 0 Å². The van der Waals surface area contributed by atoms with E-state index in [-0.39, 0.29) is 0 Å². The van der Waals surface area contributed by atoms with Crippen LogP contribution in [0.2, 0.25) is 0 Å². The molecule has 1 unspecified atom stereocenters. The number of rotatable bonds is 3. The lowest BCUT2D eigenvalue weighted by Gasteiger charge is -2.17. The summed E-state index contributed by atoms with van der Waals surface area (Å²) < 4.78 is 7.04. The highest BCUT2D eigenvalue weighted by Gasteiger charge is 2.23. The van der Waals surface area contributed by atoms with Gasteiger partial charge in [0.1, 0.15) is 6.04 Å². The van der Waals surface area contributed by atoms with E-state index in [1.54, 1.807) is 10.9 Å². The first-order valence-electron chi connectivity index (χ1n) is 6.81. The molecule has 2 heterocycles. The van der Waals surface area contributed by atoms with E-state index in [0.717, 1.165) is 24.2 Å². The van der Waals surface area contributed by atoms with Crippen molar-refractivity contribution in [2.75, 3.05) is 0 Å². The Kier molecular flexibility index (Phi) is 3.33. The molecule has 0 aliphatic heterocycles. The Balaban J connectivity index is 1.76. The zero-order chi connectivity index (χ0) is 13.2. The van der Waals surface area contributed by atoms with Crippen molar-refractivity contribution in [3.05, 3.63) is 29.7 Å². The average Bonchev–Trinajstić information content (AvgIpc) is 3.08. The molecule has 0 spiro atoms. The summed E-state index contributed by atoms with van der Waals surface area (Å²) in [6.45, 7) is 0. The van der Waals surface area contributed by atoms with Crippen LogP contribution in [-0.2, 0) is 7.05 Å². The first-order chi connectivity index (χ1) is 9.24. The molecule has 1 aliphatic rings. The van der Waals surface area contributed by atoms with Crippen LogP contribution < -0.4 is 5.73 Å². The Bertz CT molecular complexity index is 541. The standard InChI is InChI=1S/C13H19N5O/c1-18-8-10(7-15-18)11(14)13-16-12(17-19-13)9-5-3-2-4-6-9/h7-9,11H,2-6,14H2,1H3. The lowest BCUT2D eigenvalue weighted by Crippen LogP contribution is -2.12. The Morgan fingerprint density at radius 3 is 2.84 bits per heavy atom. The zero-order valence-electron chi connectivity index (χ0n) is 11.1. The third-order valence-corrected chi connectivity index (χ3v) is 3.78. The molecule has 6 nitrogen and oxygen atoms in total. The van der Waals surface area contributed by atoms with Gasteiger partial charge >= 0.3 is 0 Å². The fourth-order valence-corrected chi connectivity index (χ4v) is 2.64. The Morgan fingerprint density at radius 2 is 2.16 bits per heavy atom. The summed E-state index contributed by atoms with van der Waals surface area (Å²) in [4.78, 5) is 4.48. The van der Waals surface area contributed by atoms with Crippen molar-refractivity contribution in [2.45, 2.75) is 44.1 Å². The summed E-state index contributed by atoms with van der Waals surface area (Å²) in [5, 5.41) is 8.21.